The van der Waals surface area contributed by atoms with E-state index in [1.807, 2.05) is 30.5 Å². The molecular weight excluding hydrogens is 315 g/mol. The van der Waals surface area contributed by atoms with Crippen molar-refractivity contribution in [2.24, 2.45) is 0 Å². The Labute approximate surface area is 135 Å². The lowest BCUT2D eigenvalue weighted by Crippen LogP contribution is -2.06. The van der Waals surface area contributed by atoms with Crippen molar-refractivity contribution in [2.75, 3.05) is 5.32 Å². The van der Waals surface area contributed by atoms with Gasteiger partial charge in [0.1, 0.15) is 5.82 Å². The Morgan fingerprint density at radius 1 is 0.958 bits per heavy atom. The third kappa shape index (κ3) is 2.56. The number of pyridine rings is 1. The van der Waals surface area contributed by atoms with Gasteiger partial charge in [-0.05, 0) is 47.9 Å². The monoisotopic (exact) mass is 327 g/mol. The third-order valence-corrected chi connectivity index (χ3v) is 3.86. The number of rotatable bonds is 2. The Morgan fingerprint density at radius 2 is 1.83 bits per heavy atom. The lowest BCUT2D eigenvalue weighted by Gasteiger charge is -2.11. The summed E-state index contributed by atoms with van der Waals surface area (Å²) in [5, 5.41) is 4.30. The summed E-state index contributed by atoms with van der Waals surface area (Å²) in [6.45, 7) is 0. The van der Waals surface area contributed by atoms with E-state index in [1.54, 1.807) is 12.1 Å². The smallest absolute Gasteiger partial charge is 0.361 e. The first kappa shape index (κ1) is 14.6. The molecule has 0 radical (unpaired) electrons. The van der Waals surface area contributed by atoms with Crippen LogP contribution in [0.25, 0.3) is 21.8 Å². The standard InChI is InChI=1S/C18H12F3N3/c19-18(20,21)14-2-1-3-15-13(14)6-7-17(24-15)23-12-5-4-11-8-9-22-16(11)10-12/h1-10,22H,(H,23,24). The fourth-order valence-corrected chi connectivity index (χ4v) is 2.75. The zero-order valence-electron chi connectivity index (χ0n) is 12.4. The van der Waals surface area contributed by atoms with E-state index < -0.39 is 11.7 Å². The summed E-state index contributed by atoms with van der Waals surface area (Å²) in [5.74, 6) is 0.493. The maximum Gasteiger partial charge on any atom is 0.417 e. The van der Waals surface area contributed by atoms with Gasteiger partial charge in [0.15, 0.2) is 0 Å². The molecule has 0 unspecified atom stereocenters. The average molecular weight is 327 g/mol. The van der Waals surface area contributed by atoms with Gasteiger partial charge >= 0.3 is 6.18 Å². The Morgan fingerprint density at radius 3 is 2.67 bits per heavy atom. The fraction of sp³-hybridized carbons (Fsp3) is 0.0556. The first-order valence-electron chi connectivity index (χ1n) is 7.32. The van der Waals surface area contributed by atoms with E-state index in [1.165, 1.54) is 12.1 Å². The van der Waals surface area contributed by atoms with Crippen LogP contribution >= 0.6 is 0 Å². The van der Waals surface area contributed by atoms with Crippen LogP contribution in [0.5, 0.6) is 0 Å². The van der Waals surface area contributed by atoms with Crippen LogP contribution in [0, 0.1) is 0 Å². The summed E-state index contributed by atoms with van der Waals surface area (Å²) in [6.07, 6.45) is -2.55. The van der Waals surface area contributed by atoms with Gasteiger partial charge in [-0.3, -0.25) is 0 Å². The van der Waals surface area contributed by atoms with E-state index in [2.05, 4.69) is 15.3 Å². The van der Waals surface area contributed by atoms with E-state index in [0.717, 1.165) is 22.7 Å². The average Bonchev–Trinajstić information content (AvgIpc) is 3.01. The molecule has 2 aromatic carbocycles. The summed E-state index contributed by atoms with van der Waals surface area (Å²) in [4.78, 5) is 7.41. The van der Waals surface area contributed by atoms with Crippen LogP contribution in [-0.2, 0) is 6.18 Å². The molecule has 2 aromatic heterocycles. The molecular formula is C18H12F3N3. The molecule has 120 valence electrons. The molecule has 4 rings (SSSR count). The largest absolute Gasteiger partial charge is 0.417 e. The van der Waals surface area contributed by atoms with Gasteiger partial charge in [0, 0.05) is 22.8 Å². The Kier molecular flexibility index (Phi) is 3.19. The number of anilines is 2. The Bertz CT molecular complexity index is 1030. The molecule has 0 spiro atoms. The Hall–Kier alpha value is -3.02. The molecule has 3 nitrogen and oxygen atoms in total. The minimum Gasteiger partial charge on any atom is -0.361 e. The van der Waals surface area contributed by atoms with Crippen molar-refractivity contribution in [3.63, 3.8) is 0 Å². The van der Waals surface area contributed by atoms with Gasteiger partial charge in [-0.2, -0.15) is 13.2 Å². The molecule has 0 aliphatic rings. The maximum absolute atomic E-state index is 13.0. The predicted octanol–water partition coefficient (Wildman–Crippen LogP) is 5.48. The van der Waals surface area contributed by atoms with Crippen molar-refractivity contribution in [1.82, 2.24) is 9.97 Å². The van der Waals surface area contributed by atoms with Crippen molar-refractivity contribution < 1.29 is 13.2 Å². The number of H-pyrrole nitrogens is 1. The second kappa shape index (κ2) is 5.26. The van der Waals surface area contributed by atoms with Crippen LogP contribution in [0.1, 0.15) is 5.56 Å². The summed E-state index contributed by atoms with van der Waals surface area (Å²) < 4.78 is 39.1. The SMILES string of the molecule is FC(F)(F)c1cccc2nc(Nc3ccc4cc[nH]c4c3)ccc12. The van der Waals surface area contributed by atoms with Crippen LogP contribution in [-0.4, -0.2) is 9.97 Å². The van der Waals surface area contributed by atoms with Gasteiger partial charge in [-0.25, -0.2) is 4.98 Å². The highest BCUT2D eigenvalue weighted by molar-refractivity contribution is 5.86. The van der Waals surface area contributed by atoms with Gasteiger partial charge in [0.05, 0.1) is 11.1 Å². The van der Waals surface area contributed by atoms with Crippen molar-refractivity contribution in [3.05, 3.63) is 66.4 Å². The molecule has 4 aromatic rings. The summed E-state index contributed by atoms with van der Waals surface area (Å²) in [5.41, 5.74) is 1.41. The lowest BCUT2D eigenvalue weighted by molar-refractivity contribution is -0.136. The highest BCUT2D eigenvalue weighted by atomic mass is 19.4. The molecule has 0 saturated heterocycles. The summed E-state index contributed by atoms with van der Waals surface area (Å²) in [7, 11) is 0. The normalized spacial score (nSPS) is 12.0. The molecule has 0 fully saturated rings. The van der Waals surface area contributed by atoms with E-state index in [-0.39, 0.29) is 5.39 Å². The van der Waals surface area contributed by atoms with E-state index in [9.17, 15) is 13.2 Å². The molecule has 0 atom stereocenters. The zero-order valence-corrected chi connectivity index (χ0v) is 12.4. The van der Waals surface area contributed by atoms with Crippen molar-refractivity contribution in [3.8, 4) is 0 Å². The van der Waals surface area contributed by atoms with E-state index in [0.29, 0.717) is 11.3 Å². The lowest BCUT2D eigenvalue weighted by atomic mass is 10.1. The van der Waals surface area contributed by atoms with Crippen LogP contribution in [0.15, 0.2) is 60.8 Å². The fourth-order valence-electron chi connectivity index (χ4n) is 2.75. The van der Waals surface area contributed by atoms with Crippen molar-refractivity contribution >= 4 is 33.3 Å². The van der Waals surface area contributed by atoms with Crippen molar-refractivity contribution in [1.29, 1.82) is 0 Å². The number of benzene rings is 2. The molecule has 2 heterocycles. The molecule has 0 aliphatic heterocycles. The molecule has 2 N–H and O–H groups in total. The number of nitrogens with zero attached hydrogens (tertiary/aromatic N) is 1. The van der Waals surface area contributed by atoms with Crippen molar-refractivity contribution in [2.45, 2.75) is 6.18 Å². The number of hydrogen-bond donors (Lipinski definition) is 2. The summed E-state index contributed by atoms with van der Waals surface area (Å²) >= 11 is 0. The number of aromatic amines is 1. The minimum absolute atomic E-state index is 0.0929. The van der Waals surface area contributed by atoms with Crippen LogP contribution < -0.4 is 5.32 Å². The number of aromatic nitrogens is 2. The maximum atomic E-state index is 13.0. The highest BCUT2D eigenvalue weighted by Gasteiger charge is 2.32. The predicted molar refractivity (Wildman–Crippen MR) is 88.3 cm³/mol. The first-order chi connectivity index (χ1) is 11.5. The Balaban J connectivity index is 1.72. The molecule has 0 amide bonds. The molecule has 0 aliphatic carbocycles. The van der Waals surface area contributed by atoms with E-state index >= 15 is 0 Å². The molecule has 0 saturated carbocycles. The second-order valence-electron chi connectivity index (χ2n) is 5.47. The first-order valence-corrected chi connectivity index (χ1v) is 7.32. The molecule has 6 heteroatoms. The second-order valence-corrected chi connectivity index (χ2v) is 5.47. The molecule has 0 bridgehead atoms. The quantitative estimate of drug-likeness (QED) is 0.512. The number of alkyl halides is 3. The number of halogens is 3. The highest BCUT2D eigenvalue weighted by Crippen LogP contribution is 2.34. The van der Waals surface area contributed by atoms with Crippen LogP contribution in [0.4, 0.5) is 24.7 Å². The third-order valence-electron chi connectivity index (χ3n) is 3.86. The molecule has 24 heavy (non-hydrogen) atoms. The van der Waals surface area contributed by atoms with Gasteiger partial charge in [0.25, 0.3) is 0 Å². The van der Waals surface area contributed by atoms with Gasteiger partial charge in [-0.1, -0.05) is 12.1 Å². The number of fused-ring (bicyclic) bond motifs is 2. The topological polar surface area (TPSA) is 40.7 Å². The van der Waals surface area contributed by atoms with Crippen LogP contribution in [0.3, 0.4) is 0 Å². The van der Waals surface area contributed by atoms with Gasteiger partial charge < -0.3 is 10.3 Å². The number of nitrogens with one attached hydrogen (secondary N) is 2. The zero-order chi connectivity index (χ0) is 16.7. The van der Waals surface area contributed by atoms with Gasteiger partial charge in [-0.15, -0.1) is 0 Å². The van der Waals surface area contributed by atoms with Crippen LogP contribution in [0.2, 0.25) is 0 Å². The van der Waals surface area contributed by atoms with Gasteiger partial charge in [0.2, 0.25) is 0 Å². The van der Waals surface area contributed by atoms with E-state index in [4.69, 9.17) is 0 Å². The number of hydrogen-bond acceptors (Lipinski definition) is 2. The minimum atomic E-state index is -4.39. The summed E-state index contributed by atoms with van der Waals surface area (Å²) in [6, 6.07) is 14.7.